The molecule has 0 saturated heterocycles. The van der Waals surface area contributed by atoms with Gasteiger partial charge in [0.1, 0.15) is 11.9 Å². The number of aliphatic hydroxyl groups excluding tert-OH is 2. The molecule has 0 aliphatic heterocycles. The Kier molecular flexibility index (Phi) is 6.53. The van der Waals surface area contributed by atoms with Crippen molar-refractivity contribution >= 4 is 34.4 Å². The highest BCUT2D eigenvalue weighted by Gasteiger charge is 2.74. The average Bonchev–Trinajstić information content (AvgIpc) is 3.48. The number of fused-ring (bicyclic) bond motifs is 2. The van der Waals surface area contributed by atoms with E-state index in [1.54, 1.807) is 17.6 Å². The molecular formula is C29H24ClF2N5O3. The number of aromatic nitrogens is 4. The first-order valence-electron chi connectivity index (χ1n) is 12.8. The number of ketones is 1. The molecule has 0 bridgehead atoms. The maximum absolute atomic E-state index is 13.7. The third-order valence-electron chi connectivity index (χ3n) is 7.84. The quantitative estimate of drug-likeness (QED) is 0.304. The van der Waals surface area contributed by atoms with Gasteiger partial charge in [0, 0.05) is 23.6 Å². The van der Waals surface area contributed by atoms with Crippen LogP contribution < -0.4 is 5.32 Å². The molecule has 1 unspecified atom stereocenters. The molecule has 0 amide bonds. The molecule has 0 radical (unpaired) electrons. The fourth-order valence-corrected chi connectivity index (χ4v) is 6.03. The summed E-state index contributed by atoms with van der Waals surface area (Å²) in [5, 5.41) is 25.7. The molecule has 6 rings (SSSR count). The summed E-state index contributed by atoms with van der Waals surface area (Å²) >= 11 is 6.12. The van der Waals surface area contributed by atoms with E-state index >= 15 is 0 Å². The van der Waals surface area contributed by atoms with Gasteiger partial charge >= 0.3 is 0 Å². The lowest BCUT2D eigenvalue weighted by Gasteiger charge is -2.23. The van der Waals surface area contributed by atoms with E-state index in [1.807, 2.05) is 18.2 Å². The van der Waals surface area contributed by atoms with E-state index in [1.165, 1.54) is 12.4 Å². The van der Waals surface area contributed by atoms with Gasteiger partial charge in [0.25, 0.3) is 0 Å². The van der Waals surface area contributed by atoms with E-state index in [-0.39, 0.29) is 29.5 Å². The predicted molar refractivity (Wildman–Crippen MR) is 143 cm³/mol. The van der Waals surface area contributed by atoms with Crippen LogP contribution in [0.25, 0.3) is 11.2 Å². The van der Waals surface area contributed by atoms with Gasteiger partial charge in [0.2, 0.25) is 5.82 Å². The zero-order valence-electron chi connectivity index (χ0n) is 21.3. The zero-order valence-corrected chi connectivity index (χ0v) is 22.0. The Balaban J connectivity index is 1.42. The van der Waals surface area contributed by atoms with Crippen molar-refractivity contribution in [2.24, 2.45) is 11.3 Å². The Bertz CT molecular complexity index is 1720. The van der Waals surface area contributed by atoms with Gasteiger partial charge in [-0.3, -0.25) is 4.79 Å². The molecule has 204 valence electrons. The summed E-state index contributed by atoms with van der Waals surface area (Å²) in [5.74, 6) is 3.65. The van der Waals surface area contributed by atoms with Crippen LogP contribution in [-0.4, -0.2) is 47.7 Å². The average molecular weight is 564 g/mol. The minimum Gasteiger partial charge on any atom is -0.389 e. The monoisotopic (exact) mass is 563 g/mol. The van der Waals surface area contributed by atoms with Gasteiger partial charge < -0.3 is 20.1 Å². The molecule has 5 atom stereocenters. The van der Waals surface area contributed by atoms with Crippen LogP contribution in [0.4, 0.5) is 14.6 Å². The van der Waals surface area contributed by atoms with Crippen molar-refractivity contribution in [2.45, 2.75) is 44.6 Å². The molecule has 2 saturated carbocycles. The largest absolute Gasteiger partial charge is 0.389 e. The molecule has 4 aromatic rings. The summed E-state index contributed by atoms with van der Waals surface area (Å²) in [6.45, 7) is 2.10. The van der Waals surface area contributed by atoms with E-state index < -0.39 is 35.3 Å². The van der Waals surface area contributed by atoms with Crippen molar-refractivity contribution in [3.05, 3.63) is 82.4 Å². The predicted octanol–water partition coefficient (Wildman–Crippen LogP) is 4.03. The van der Waals surface area contributed by atoms with E-state index in [4.69, 9.17) is 11.6 Å². The van der Waals surface area contributed by atoms with Crippen LogP contribution in [0.2, 0.25) is 5.02 Å². The number of imidazole rings is 1. The number of halogens is 3. The minimum absolute atomic E-state index is 0.0762. The molecule has 2 heterocycles. The van der Waals surface area contributed by atoms with Crippen LogP contribution >= 0.6 is 11.6 Å². The zero-order chi connectivity index (χ0) is 28.2. The molecule has 0 spiro atoms. The van der Waals surface area contributed by atoms with Crippen LogP contribution in [0.5, 0.6) is 0 Å². The lowest BCUT2D eigenvalue weighted by Crippen LogP contribution is -2.37. The maximum atomic E-state index is 13.7. The molecular weight excluding hydrogens is 540 g/mol. The first kappa shape index (κ1) is 26.3. The van der Waals surface area contributed by atoms with Gasteiger partial charge in [0.05, 0.1) is 23.9 Å². The molecule has 8 nitrogen and oxygen atoms in total. The second-order valence-electron chi connectivity index (χ2n) is 10.1. The summed E-state index contributed by atoms with van der Waals surface area (Å²) in [7, 11) is 0. The van der Waals surface area contributed by atoms with Crippen molar-refractivity contribution in [3.63, 3.8) is 0 Å². The topological polar surface area (TPSA) is 113 Å². The number of carbonyl (C=O) groups excluding carboxylic acids is 1. The third kappa shape index (κ3) is 4.31. The van der Waals surface area contributed by atoms with E-state index in [9.17, 15) is 23.8 Å². The summed E-state index contributed by atoms with van der Waals surface area (Å²) in [6.07, 6.45) is -0.137. The highest BCUT2D eigenvalue weighted by Crippen LogP contribution is 2.68. The van der Waals surface area contributed by atoms with E-state index in [2.05, 4.69) is 32.1 Å². The van der Waals surface area contributed by atoms with Gasteiger partial charge in [-0.1, -0.05) is 36.6 Å². The number of rotatable bonds is 6. The maximum Gasteiger partial charge on any atom is 0.209 e. The molecule has 2 fully saturated rings. The van der Waals surface area contributed by atoms with Crippen molar-refractivity contribution in [1.29, 1.82) is 0 Å². The lowest BCUT2D eigenvalue weighted by molar-refractivity contribution is -0.130. The Morgan fingerprint density at radius 1 is 1.18 bits per heavy atom. The number of hydrogen-bond acceptors (Lipinski definition) is 7. The normalized spacial score (nSPS) is 24.9. The number of nitrogens with zero attached hydrogens (tertiary/aromatic N) is 4. The van der Waals surface area contributed by atoms with Crippen LogP contribution in [0, 0.1) is 34.8 Å². The van der Waals surface area contributed by atoms with Crippen molar-refractivity contribution < 1.29 is 23.8 Å². The van der Waals surface area contributed by atoms with Crippen LogP contribution in [0.15, 0.2) is 48.8 Å². The smallest absolute Gasteiger partial charge is 0.209 e. The minimum atomic E-state index is -1.19. The lowest BCUT2D eigenvalue weighted by atomic mass is 9.92. The van der Waals surface area contributed by atoms with Crippen molar-refractivity contribution in [3.8, 4) is 11.8 Å². The standard InChI is InChI=1S/C29H24ClF2N5O3/c1-2-21(38)29-12-18(29)24(25(39)26(29)40)37-14-34-23-27(33-13-16-4-3-5-17(30)10-16)35-22(36-28(23)37)9-7-15-6-8-19(31)20(32)11-15/h3-6,8,10-11,14,18,24-26,39-40H,2,12-13H2,1H3,(H,33,35,36)/t18-,24-,25?,26-,29-/m1/s1. The fraction of sp³-hybridized carbons (Fsp3) is 0.310. The Hall–Kier alpha value is -3.91. The Morgan fingerprint density at radius 3 is 2.75 bits per heavy atom. The first-order valence-corrected chi connectivity index (χ1v) is 13.2. The summed E-state index contributed by atoms with van der Waals surface area (Å²) in [4.78, 5) is 26.3. The number of nitrogens with one attached hydrogen (secondary N) is 1. The SMILES string of the molecule is CCC(=O)[C@@]12C[C@@H]1[C@@H](n1cnc3c(NCc4cccc(Cl)c4)nc(C#Cc4ccc(F)c(F)c4)nc31)C(O)[C@H]2O. The van der Waals surface area contributed by atoms with Crippen LogP contribution in [0.3, 0.4) is 0 Å². The molecule has 40 heavy (non-hydrogen) atoms. The van der Waals surface area contributed by atoms with Crippen LogP contribution in [0.1, 0.15) is 42.8 Å². The highest BCUT2D eigenvalue weighted by molar-refractivity contribution is 6.30. The van der Waals surface area contributed by atoms with E-state index in [0.717, 1.165) is 17.7 Å². The number of benzene rings is 2. The number of anilines is 1. The molecule has 2 aromatic carbocycles. The molecule has 2 aliphatic carbocycles. The summed E-state index contributed by atoms with van der Waals surface area (Å²) < 4.78 is 28.7. The summed E-state index contributed by atoms with van der Waals surface area (Å²) in [5.41, 5.74) is 0.914. The second-order valence-corrected chi connectivity index (χ2v) is 10.6. The van der Waals surface area contributed by atoms with Crippen molar-refractivity contribution in [1.82, 2.24) is 19.5 Å². The van der Waals surface area contributed by atoms with Gasteiger partial charge in [-0.25, -0.2) is 23.7 Å². The fourth-order valence-electron chi connectivity index (χ4n) is 5.82. The highest BCUT2D eigenvalue weighted by atomic mass is 35.5. The molecule has 2 aliphatic rings. The number of aliphatic hydroxyl groups is 2. The van der Waals surface area contributed by atoms with Gasteiger partial charge in [-0.2, -0.15) is 0 Å². The molecule has 2 aromatic heterocycles. The summed E-state index contributed by atoms with van der Waals surface area (Å²) in [6, 6.07) is 9.99. The Morgan fingerprint density at radius 2 is 2.00 bits per heavy atom. The third-order valence-corrected chi connectivity index (χ3v) is 8.08. The van der Waals surface area contributed by atoms with Gasteiger partial charge in [-0.15, -0.1) is 0 Å². The number of Topliss-reactive ketones (excluding diaryl/α,β-unsaturated/α-hetero) is 1. The van der Waals surface area contributed by atoms with Gasteiger partial charge in [0.15, 0.2) is 28.6 Å². The second kappa shape index (κ2) is 9.93. The molecule has 3 N–H and O–H groups in total. The first-order chi connectivity index (χ1) is 19.2. The number of hydrogen-bond donors (Lipinski definition) is 3. The van der Waals surface area contributed by atoms with Crippen molar-refractivity contribution in [2.75, 3.05) is 5.32 Å². The van der Waals surface area contributed by atoms with Crippen LogP contribution in [-0.2, 0) is 11.3 Å². The van der Waals surface area contributed by atoms with Gasteiger partial charge in [-0.05, 0) is 54.2 Å². The number of carbonyl (C=O) groups is 1. The molecule has 11 heteroatoms. The van der Waals surface area contributed by atoms with E-state index in [0.29, 0.717) is 35.0 Å². The Labute approximate surface area is 233 Å².